The van der Waals surface area contributed by atoms with Gasteiger partial charge >= 0.3 is 12.1 Å². The molecule has 0 fully saturated rings. The fourth-order valence-corrected chi connectivity index (χ4v) is 2.78. The predicted octanol–water partition coefficient (Wildman–Crippen LogP) is 4.19. The Bertz CT molecular complexity index is 1300. The summed E-state index contributed by atoms with van der Waals surface area (Å²) >= 11 is 0. The van der Waals surface area contributed by atoms with Crippen LogP contribution >= 0.6 is 0 Å². The maximum absolute atomic E-state index is 13.3. The summed E-state index contributed by atoms with van der Waals surface area (Å²) in [5.41, 5.74) is 3.63. The van der Waals surface area contributed by atoms with Gasteiger partial charge in [0.05, 0.1) is 5.69 Å². The minimum atomic E-state index is -5.08. The number of pyridine rings is 1. The van der Waals surface area contributed by atoms with Gasteiger partial charge in [0.25, 0.3) is 0 Å². The number of hydrogen-bond acceptors (Lipinski definition) is 5. The van der Waals surface area contributed by atoms with Crippen molar-refractivity contribution in [1.29, 1.82) is 0 Å². The number of nitrogens with one attached hydrogen (secondary N) is 1. The number of rotatable bonds is 3. The number of anilines is 1. The van der Waals surface area contributed by atoms with Crippen LogP contribution in [0.15, 0.2) is 60.9 Å². The third-order valence-electron chi connectivity index (χ3n) is 4.09. The molecule has 0 aliphatic heterocycles. The molecule has 8 nitrogen and oxygen atoms in total. The fraction of sp³-hybridized carbons (Fsp3) is 0.0952. The van der Waals surface area contributed by atoms with Crippen molar-refractivity contribution in [2.75, 3.05) is 5.32 Å². The Morgan fingerprint density at radius 2 is 1.70 bits per heavy atom. The molecule has 4 aromatic rings. The van der Waals surface area contributed by atoms with Crippen molar-refractivity contribution in [2.24, 2.45) is 0 Å². The molecule has 3 heterocycles. The largest absolute Gasteiger partial charge is 0.490 e. The number of amides is 1. The number of nitrogens with zero attached hydrogens (tertiary/aromatic N) is 4. The topological polar surface area (TPSA) is 109 Å². The number of alkyl halides is 3. The summed E-state index contributed by atoms with van der Waals surface area (Å²) in [7, 11) is 0. The van der Waals surface area contributed by atoms with Gasteiger partial charge in [-0.1, -0.05) is 0 Å². The van der Waals surface area contributed by atoms with Gasteiger partial charge in [-0.2, -0.15) is 18.3 Å². The lowest BCUT2D eigenvalue weighted by Gasteiger charge is -2.07. The second-order valence-corrected chi connectivity index (χ2v) is 6.52. The summed E-state index contributed by atoms with van der Waals surface area (Å²) < 4.78 is 46.8. The van der Waals surface area contributed by atoms with Crippen LogP contribution in [-0.2, 0) is 9.59 Å². The van der Waals surface area contributed by atoms with E-state index < -0.39 is 12.1 Å². The summed E-state index contributed by atoms with van der Waals surface area (Å²) in [4.78, 5) is 29.0. The zero-order chi connectivity index (χ0) is 24.2. The van der Waals surface area contributed by atoms with Crippen LogP contribution in [0.2, 0.25) is 0 Å². The monoisotopic (exact) mass is 461 g/mol. The number of aliphatic carboxylic acids is 1. The lowest BCUT2D eigenvalue weighted by molar-refractivity contribution is -0.192. The summed E-state index contributed by atoms with van der Waals surface area (Å²) in [6, 6.07) is 13.4. The van der Waals surface area contributed by atoms with Gasteiger partial charge in [-0.05, 0) is 48.5 Å². The molecule has 0 unspecified atom stereocenters. The molecule has 3 aromatic heterocycles. The average Bonchev–Trinajstić information content (AvgIpc) is 3.13. The number of halogens is 4. The number of carboxylic acids is 1. The molecule has 0 radical (unpaired) electrons. The Hall–Kier alpha value is -4.35. The fourth-order valence-electron chi connectivity index (χ4n) is 2.78. The number of imidazole rings is 1. The van der Waals surface area contributed by atoms with E-state index in [1.54, 1.807) is 41.2 Å². The summed E-state index contributed by atoms with van der Waals surface area (Å²) in [6.07, 6.45) is -1.81. The molecule has 0 aliphatic carbocycles. The molecule has 0 spiro atoms. The van der Waals surface area contributed by atoms with E-state index >= 15 is 0 Å². The van der Waals surface area contributed by atoms with Crippen LogP contribution in [0.1, 0.15) is 6.92 Å². The molecule has 0 saturated carbocycles. The van der Waals surface area contributed by atoms with Crippen molar-refractivity contribution < 1.29 is 32.3 Å². The maximum Gasteiger partial charge on any atom is 0.490 e. The first-order valence-corrected chi connectivity index (χ1v) is 9.20. The summed E-state index contributed by atoms with van der Waals surface area (Å²) in [5.74, 6) is -2.84. The van der Waals surface area contributed by atoms with E-state index in [0.29, 0.717) is 17.2 Å². The van der Waals surface area contributed by atoms with Gasteiger partial charge in [0.15, 0.2) is 5.65 Å². The van der Waals surface area contributed by atoms with Crippen LogP contribution < -0.4 is 5.32 Å². The second kappa shape index (κ2) is 9.42. The zero-order valence-electron chi connectivity index (χ0n) is 16.8. The quantitative estimate of drug-likeness (QED) is 0.443. The Morgan fingerprint density at radius 1 is 1.03 bits per heavy atom. The number of carbonyl (C=O) groups is 2. The number of hydrogen-bond donors (Lipinski definition) is 2. The highest BCUT2D eigenvalue weighted by atomic mass is 19.4. The second-order valence-electron chi connectivity index (χ2n) is 6.52. The lowest BCUT2D eigenvalue weighted by Crippen LogP contribution is -2.21. The van der Waals surface area contributed by atoms with Gasteiger partial charge in [0, 0.05) is 30.4 Å². The molecule has 2 N–H and O–H groups in total. The third kappa shape index (κ3) is 5.67. The number of benzene rings is 1. The highest BCUT2D eigenvalue weighted by molar-refractivity contribution is 5.89. The van der Waals surface area contributed by atoms with Crippen molar-refractivity contribution in [3.63, 3.8) is 0 Å². The van der Waals surface area contributed by atoms with Crippen LogP contribution in [0.3, 0.4) is 0 Å². The minimum Gasteiger partial charge on any atom is -0.475 e. The van der Waals surface area contributed by atoms with Crippen molar-refractivity contribution >= 4 is 23.3 Å². The van der Waals surface area contributed by atoms with Crippen LogP contribution in [0.4, 0.5) is 23.4 Å². The summed E-state index contributed by atoms with van der Waals surface area (Å²) in [5, 5.41) is 14.2. The van der Waals surface area contributed by atoms with Crippen LogP contribution in [0.5, 0.6) is 0 Å². The summed E-state index contributed by atoms with van der Waals surface area (Å²) in [6.45, 7) is 1.42. The highest BCUT2D eigenvalue weighted by Gasteiger charge is 2.38. The molecule has 170 valence electrons. The molecular weight excluding hydrogens is 446 g/mol. The molecular formula is C21H15F4N5O3. The van der Waals surface area contributed by atoms with E-state index in [0.717, 1.165) is 16.8 Å². The smallest absolute Gasteiger partial charge is 0.475 e. The van der Waals surface area contributed by atoms with Gasteiger partial charge in [0.1, 0.15) is 17.3 Å². The Morgan fingerprint density at radius 3 is 2.30 bits per heavy atom. The average molecular weight is 461 g/mol. The number of fused-ring (bicyclic) bond motifs is 1. The lowest BCUT2D eigenvalue weighted by atomic mass is 10.1. The van der Waals surface area contributed by atoms with Crippen LogP contribution in [0, 0.1) is 5.82 Å². The van der Waals surface area contributed by atoms with Crippen LogP contribution in [-0.4, -0.2) is 42.7 Å². The molecule has 33 heavy (non-hydrogen) atoms. The third-order valence-corrected chi connectivity index (χ3v) is 4.09. The van der Waals surface area contributed by atoms with E-state index in [2.05, 4.69) is 20.4 Å². The molecule has 1 aromatic carbocycles. The Labute approximate surface area is 183 Å². The van der Waals surface area contributed by atoms with E-state index in [-0.39, 0.29) is 11.7 Å². The zero-order valence-corrected chi connectivity index (χ0v) is 16.8. The van der Waals surface area contributed by atoms with Crippen molar-refractivity contribution in [3.8, 4) is 22.5 Å². The van der Waals surface area contributed by atoms with Gasteiger partial charge < -0.3 is 10.4 Å². The Balaban J connectivity index is 0.000000383. The molecule has 0 saturated heterocycles. The first kappa shape index (κ1) is 23.3. The van der Waals surface area contributed by atoms with Crippen molar-refractivity contribution in [1.82, 2.24) is 19.6 Å². The van der Waals surface area contributed by atoms with E-state index in [4.69, 9.17) is 9.90 Å². The number of carboxylic acid groups (broad SMARTS) is 1. The molecule has 4 rings (SSSR count). The van der Waals surface area contributed by atoms with Crippen molar-refractivity contribution in [3.05, 3.63) is 66.7 Å². The predicted molar refractivity (Wildman–Crippen MR) is 110 cm³/mol. The van der Waals surface area contributed by atoms with E-state index in [1.807, 2.05) is 12.1 Å². The molecule has 0 bridgehead atoms. The van der Waals surface area contributed by atoms with Gasteiger partial charge in [-0.3, -0.25) is 4.79 Å². The molecule has 0 atom stereocenters. The molecule has 1 amide bonds. The van der Waals surface area contributed by atoms with E-state index in [1.165, 1.54) is 19.1 Å². The first-order valence-electron chi connectivity index (χ1n) is 9.20. The SMILES string of the molecule is CC(=O)Nc1cc(-c2c(-c3ccc(F)cc3)nc3cccnn23)ccn1.O=C(O)C(F)(F)F. The number of aromatic nitrogens is 4. The normalized spacial score (nSPS) is 10.9. The molecule has 12 heteroatoms. The van der Waals surface area contributed by atoms with Gasteiger partial charge in [0.2, 0.25) is 5.91 Å². The minimum absolute atomic E-state index is 0.204. The first-order chi connectivity index (χ1) is 15.6. The highest BCUT2D eigenvalue weighted by Crippen LogP contribution is 2.33. The Kier molecular flexibility index (Phi) is 6.66. The van der Waals surface area contributed by atoms with Crippen molar-refractivity contribution in [2.45, 2.75) is 13.1 Å². The van der Waals surface area contributed by atoms with Gasteiger partial charge in [-0.15, -0.1) is 0 Å². The standard InChI is InChI=1S/C19H14FN5O.C2HF3O2/c1-12(26)23-16-11-14(8-10-21-16)19-18(13-4-6-15(20)7-5-13)24-17-3-2-9-22-25(17)19;3-2(4,5)1(6)7/h2-11H,1H3,(H,21,23,26);(H,6,7). The number of carbonyl (C=O) groups excluding carboxylic acids is 1. The van der Waals surface area contributed by atoms with Crippen LogP contribution in [0.25, 0.3) is 28.2 Å². The maximum atomic E-state index is 13.3. The molecule has 0 aliphatic rings. The van der Waals surface area contributed by atoms with E-state index in [9.17, 15) is 22.4 Å². The van der Waals surface area contributed by atoms with Gasteiger partial charge in [-0.25, -0.2) is 23.7 Å².